The van der Waals surface area contributed by atoms with E-state index in [9.17, 15) is 14.5 Å². The Hall–Kier alpha value is -1.85. The van der Waals surface area contributed by atoms with Crippen molar-refractivity contribution in [3.8, 4) is 5.75 Å². The minimum absolute atomic E-state index is 0.0380. The van der Waals surface area contributed by atoms with Crippen LogP contribution in [0, 0.1) is 15.9 Å². The first-order chi connectivity index (χ1) is 9.47. The number of hydrogen-bond acceptors (Lipinski definition) is 3. The zero-order valence-electron chi connectivity index (χ0n) is 9.98. The standard InChI is InChI=1S/C13H8Cl2FNO3/c14-9-2-4-13(10(15)6-9)20-7-8-1-3-12(17(18)19)11(16)5-8/h1-6H,7H2. The highest BCUT2D eigenvalue weighted by atomic mass is 35.5. The summed E-state index contributed by atoms with van der Waals surface area (Å²) in [5, 5.41) is 11.3. The topological polar surface area (TPSA) is 52.4 Å². The number of hydrogen-bond donors (Lipinski definition) is 0. The molecule has 0 radical (unpaired) electrons. The summed E-state index contributed by atoms with van der Waals surface area (Å²) in [6.45, 7) is 0.0380. The van der Waals surface area contributed by atoms with Crippen LogP contribution < -0.4 is 4.74 Å². The fourth-order valence-corrected chi connectivity index (χ4v) is 2.00. The van der Waals surface area contributed by atoms with Gasteiger partial charge in [0.25, 0.3) is 0 Å². The summed E-state index contributed by atoms with van der Waals surface area (Å²) in [6.07, 6.45) is 0. The molecule has 2 aromatic rings. The quantitative estimate of drug-likeness (QED) is 0.611. The lowest BCUT2D eigenvalue weighted by Crippen LogP contribution is -1.99. The van der Waals surface area contributed by atoms with Gasteiger partial charge in [-0.3, -0.25) is 10.1 Å². The summed E-state index contributed by atoms with van der Waals surface area (Å²) in [4.78, 5) is 9.71. The van der Waals surface area contributed by atoms with Gasteiger partial charge in [0.2, 0.25) is 5.82 Å². The fourth-order valence-electron chi connectivity index (χ4n) is 1.54. The van der Waals surface area contributed by atoms with Gasteiger partial charge in [-0.05, 0) is 35.9 Å². The molecule has 0 fully saturated rings. The molecule has 0 aromatic heterocycles. The molecule has 4 nitrogen and oxygen atoms in total. The third kappa shape index (κ3) is 3.37. The monoisotopic (exact) mass is 315 g/mol. The van der Waals surface area contributed by atoms with Gasteiger partial charge in [0.1, 0.15) is 12.4 Å². The van der Waals surface area contributed by atoms with E-state index in [1.165, 1.54) is 12.1 Å². The molecule has 0 aliphatic heterocycles. The number of nitrogens with zero attached hydrogens (tertiary/aromatic N) is 1. The van der Waals surface area contributed by atoms with E-state index >= 15 is 0 Å². The number of nitro groups is 1. The summed E-state index contributed by atoms with van der Waals surface area (Å²) in [5.74, 6) is -0.506. The maximum atomic E-state index is 13.4. The smallest absolute Gasteiger partial charge is 0.304 e. The van der Waals surface area contributed by atoms with Gasteiger partial charge in [0.05, 0.1) is 9.95 Å². The molecule has 2 aromatic carbocycles. The van der Waals surface area contributed by atoms with Gasteiger partial charge in [0, 0.05) is 11.1 Å². The van der Waals surface area contributed by atoms with Gasteiger partial charge >= 0.3 is 5.69 Å². The zero-order chi connectivity index (χ0) is 14.7. The molecule has 7 heteroatoms. The Morgan fingerprint density at radius 1 is 1.20 bits per heavy atom. The van der Waals surface area contributed by atoms with E-state index in [0.29, 0.717) is 21.4 Å². The van der Waals surface area contributed by atoms with Gasteiger partial charge < -0.3 is 4.74 Å². The summed E-state index contributed by atoms with van der Waals surface area (Å²) in [5.41, 5.74) is -0.114. The van der Waals surface area contributed by atoms with E-state index in [-0.39, 0.29) is 6.61 Å². The van der Waals surface area contributed by atoms with Gasteiger partial charge in [-0.15, -0.1) is 0 Å². The molecule has 0 atom stereocenters. The molecule has 0 unspecified atom stereocenters. The second-order valence-electron chi connectivity index (χ2n) is 3.91. The van der Waals surface area contributed by atoms with Crippen molar-refractivity contribution in [2.24, 2.45) is 0 Å². The molecular formula is C13H8Cl2FNO3. The predicted octanol–water partition coefficient (Wildman–Crippen LogP) is 4.62. The van der Waals surface area contributed by atoms with Crippen molar-refractivity contribution in [1.29, 1.82) is 0 Å². The van der Waals surface area contributed by atoms with Crippen LogP contribution in [0.5, 0.6) is 5.75 Å². The molecule has 0 saturated carbocycles. The molecule has 0 bridgehead atoms. The van der Waals surface area contributed by atoms with E-state index in [1.54, 1.807) is 12.1 Å². The summed E-state index contributed by atoms with van der Waals surface area (Å²) in [6, 6.07) is 8.30. The molecule has 2 rings (SSSR count). The Morgan fingerprint density at radius 2 is 1.95 bits per heavy atom. The van der Waals surface area contributed by atoms with E-state index in [2.05, 4.69) is 0 Å². The Morgan fingerprint density at radius 3 is 2.55 bits per heavy atom. The van der Waals surface area contributed by atoms with Crippen molar-refractivity contribution in [3.63, 3.8) is 0 Å². The summed E-state index contributed by atoms with van der Waals surface area (Å²) in [7, 11) is 0. The van der Waals surface area contributed by atoms with Gasteiger partial charge in [-0.25, -0.2) is 0 Å². The van der Waals surface area contributed by atoms with Crippen LogP contribution in [-0.2, 0) is 6.61 Å². The largest absolute Gasteiger partial charge is 0.487 e. The second kappa shape index (κ2) is 6.07. The van der Waals surface area contributed by atoms with Crippen molar-refractivity contribution >= 4 is 28.9 Å². The van der Waals surface area contributed by atoms with Crippen molar-refractivity contribution in [3.05, 3.63) is 67.9 Å². The molecule has 20 heavy (non-hydrogen) atoms. The third-order valence-corrected chi connectivity index (χ3v) is 3.03. The van der Waals surface area contributed by atoms with Crippen molar-refractivity contribution in [2.45, 2.75) is 6.61 Å². The number of benzene rings is 2. The molecule has 0 saturated heterocycles. The number of rotatable bonds is 4. The first kappa shape index (κ1) is 14.6. The second-order valence-corrected chi connectivity index (χ2v) is 4.75. The fraction of sp³-hybridized carbons (Fsp3) is 0.0769. The van der Waals surface area contributed by atoms with Gasteiger partial charge in [-0.1, -0.05) is 23.2 Å². The van der Waals surface area contributed by atoms with Gasteiger partial charge in [-0.2, -0.15) is 4.39 Å². The predicted molar refractivity (Wildman–Crippen MR) is 73.8 cm³/mol. The van der Waals surface area contributed by atoms with Crippen molar-refractivity contribution in [2.75, 3.05) is 0 Å². The first-order valence-electron chi connectivity index (χ1n) is 5.48. The molecule has 0 heterocycles. The molecule has 0 aliphatic rings. The van der Waals surface area contributed by atoms with Crippen LogP contribution in [0.2, 0.25) is 10.0 Å². The normalized spacial score (nSPS) is 10.3. The Bertz CT molecular complexity index is 664. The molecule has 0 aliphatic carbocycles. The van der Waals surface area contributed by atoms with Crippen LogP contribution >= 0.6 is 23.2 Å². The first-order valence-corrected chi connectivity index (χ1v) is 6.23. The third-order valence-electron chi connectivity index (χ3n) is 2.50. The van der Waals surface area contributed by atoms with Gasteiger partial charge in [0.15, 0.2) is 0 Å². The van der Waals surface area contributed by atoms with Crippen LogP contribution in [0.4, 0.5) is 10.1 Å². The Labute approximate surface area is 123 Å². The van der Waals surface area contributed by atoms with Crippen LogP contribution in [0.1, 0.15) is 5.56 Å². The highest BCUT2D eigenvalue weighted by molar-refractivity contribution is 6.35. The van der Waals surface area contributed by atoms with Crippen LogP contribution in [0.3, 0.4) is 0 Å². The molecular weight excluding hydrogens is 308 g/mol. The number of nitro benzene ring substituents is 1. The highest BCUT2D eigenvalue weighted by Gasteiger charge is 2.14. The lowest BCUT2D eigenvalue weighted by molar-refractivity contribution is -0.387. The maximum absolute atomic E-state index is 13.4. The average Bonchev–Trinajstić information content (AvgIpc) is 2.37. The van der Waals surface area contributed by atoms with E-state index in [0.717, 1.165) is 12.1 Å². The Balaban J connectivity index is 2.11. The summed E-state index contributed by atoms with van der Waals surface area (Å²) < 4.78 is 18.8. The number of halogens is 3. The Kier molecular flexibility index (Phi) is 4.42. The SMILES string of the molecule is O=[N+]([O-])c1ccc(COc2ccc(Cl)cc2Cl)cc1F. The zero-order valence-corrected chi connectivity index (χ0v) is 11.5. The highest BCUT2D eigenvalue weighted by Crippen LogP contribution is 2.28. The van der Waals surface area contributed by atoms with E-state index in [4.69, 9.17) is 27.9 Å². The molecule has 104 valence electrons. The molecule has 0 spiro atoms. The minimum atomic E-state index is -0.904. The minimum Gasteiger partial charge on any atom is -0.487 e. The van der Waals surface area contributed by atoms with E-state index < -0.39 is 16.4 Å². The lowest BCUT2D eigenvalue weighted by atomic mass is 10.2. The van der Waals surface area contributed by atoms with Crippen molar-refractivity contribution < 1.29 is 14.1 Å². The van der Waals surface area contributed by atoms with Crippen molar-refractivity contribution in [1.82, 2.24) is 0 Å². The lowest BCUT2D eigenvalue weighted by Gasteiger charge is -2.08. The average molecular weight is 316 g/mol. The number of ether oxygens (including phenoxy) is 1. The summed E-state index contributed by atoms with van der Waals surface area (Å²) >= 11 is 11.7. The molecule has 0 amide bonds. The van der Waals surface area contributed by atoms with Crippen LogP contribution in [-0.4, -0.2) is 4.92 Å². The molecule has 0 N–H and O–H groups in total. The van der Waals surface area contributed by atoms with Crippen LogP contribution in [0.15, 0.2) is 36.4 Å². The maximum Gasteiger partial charge on any atom is 0.304 e. The van der Waals surface area contributed by atoms with Crippen LogP contribution in [0.25, 0.3) is 0 Å². The van der Waals surface area contributed by atoms with E-state index in [1.807, 2.05) is 0 Å².